The van der Waals surface area contributed by atoms with E-state index in [2.05, 4.69) is 0 Å². The molecule has 1 fully saturated rings. The van der Waals surface area contributed by atoms with Crippen molar-refractivity contribution in [1.29, 1.82) is 0 Å². The van der Waals surface area contributed by atoms with E-state index < -0.39 is 17.7 Å². The number of benzene rings is 3. The van der Waals surface area contributed by atoms with Gasteiger partial charge >= 0.3 is 5.97 Å². The van der Waals surface area contributed by atoms with Gasteiger partial charge in [0.2, 0.25) is 0 Å². The van der Waals surface area contributed by atoms with Crippen LogP contribution in [0.15, 0.2) is 72.3 Å². The molecule has 1 heterocycles. The maximum absolute atomic E-state index is 13.4. The monoisotopic (exact) mass is 485 g/mol. The van der Waals surface area contributed by atoms with Gasteiger partial charge in [0.05, 0.1) is 32.3 Å². The number of rotatable bonds is 6. The average molecular weight is 486 g/mol. The van der Waals surface area contributed by atoms with Gasteiger partial charge in [0.15, 0.2) is 0 Å². The van der Waals surface area contributed by atoms with Gasteiger partial charge in [-0.25, -0.2) is 0 Å². The highest BCUT2D eigenvalue weighted by Crippen LogP contribution is 2.43. The van der Waals surface area contributed by atoms with Crippen LogP contribution in [-0.2, 0) is 25.5 Å². The molecule has 3 aromatic rings. The highest BCUT2D eigenvalue weighted by atomic mass is 16.5. The van der Waals surface area contributed by atoms with Crippen molar-refractivity contribution in [2.24, 2.45) is 0 Å². The van der Waals surface area contributed by atoms with Gasteiger partial charge in [-0.1, -0.05) is 42.0 Å². The van der Waals surface area contributed by atoms with E-state index in [1.165, 1.54) is 19.1 Å². The number of methoxy groups -OCH3 is 2. The molecule has 1 saturated heterocycles. The molecule has 36 heavy (non-hydrogen) atoms. The molecule has 0 bridgehead atoms. The summed E-state index contributed by atoms with van der Waals surface area (Å²) in [5, 5.41) is 11.4. The predicted octanol–water partition coefficient (Wildman–Crippen LogP) is 4.65. The fraction of sp³-hybridized carbons (Fsp3) is 0.207. The maximum Gasteiger partial charge on any atom is 0.309 e. The van der Waals surface area contributed by atoms with Crippen LogP contribution in [0.25, 0.3) is 5.76 Å². The molecule has 1 unspecified atom stereocenters. The Kier molecular flexibility index (Phi) is 6.92. The summed E-state index contributed by atoms with van der Waals surface area (Å²) in [5.74, 6) is -1.59. The summed E-state index contributed by atoms with van der Waals surface area (Å²) in [5.41, 5.74) is 3.96. The summed E-state index contributed by atoms with van der Waals surface area (Å²) in [7, 11) is 2.85. The number of amides is 1. The highest BCUT2D eigenvalue weighted by Gasteiger charge is 2.47. The topological polar surface area (TPSA) is 93.1 Å². The number of nitrogens with zero attached hydrogens (tertiary/aromatic N) is 1. The summed E-state index contributed by atoms with van der Waals surface area (Å²) in [6.45, 7) is 3.73. The molecule has 7 nitrogen and oxygen atoms in total. The molecule has 7 heteroatoms. The van der Waals surface area contributed by atoms with Gasteiger partial charge in [0.1, 0.15) is 11.5 Å². The lowest BCUT2D eigenvalue weighted by Gasteiger charge is -2.26. The minimum atomic E-state index is -0.883. The van der Waals surface area contributed by atoms with Crippen LogP contribution in [-0.4, -0.2) is 37.0 Å². The molecule has 1 N–H and O–H groups in total. The SMILES string of the molecule is COC(=O)Cc1ccc(N2C(=O)C(=O)/C(=C(/O)c3cc(C)ccc3C)C2c2cccc(OC)c2)cc1. The van der Waals surface area contributed by atoms with Crippen molar-refractivity contribution in [3.63, 3.8) is 0 Å². The fourth-order valence-corrected chi connectivity index (χ4v) is 4.38. The lowest BCUT2D eigenvalue weighted by molar-refractivity contribution is -0.139. The van der Waals surface area contributed by atoms with Crippen LogP contribution in [0.1, 0.15) is 33.9 Å². The van der Waals surface area contributed by atoms with Gasteiger partial charge in [-0.05, 0) is 60.9 Å². The summed E-state index contributed by atoms with van der Waals surface area (Å²) >= 11 is 0. The van der Waals surface area contributed by atoms with E-state index in [1.54, 1.807) is 54.6 Å². The van der Waals surface area contributed by atoms with E-state index in [0.717, 1.165) is 11.1 Å². The lowest BCUT2D eigenvalue weighted by atomic mass is 9.93. The predicted molar refractivity (Wildman–Crippen MR) is 136 cm³/mol. The second-order valence-electron chi connectivity index (χ2n) is 8.68. The van der Waals surface area contributed by atoms with E-state index in [-0.39, 0.29) is 23.7 Å². The molecule has 0 aliphatic carbocycles. The first kappa shape index (κ1) is 24.7. The number of hydrogen-bond acceptors (Lipinski definition) is 6. The Morgan fingerprint density at radius 2 is 1.69 bits per heavy atom. The molecule has 0 saturated carbocycles. The molecule has 3 aromatic carbocycles. The quantitative estimate of drug-likeness (QED) is 0.236. The number of esters is 1. The largest absolute Gasteiger partial charge is 0.507 e. The van der Waals surface area contributed by atoms with E-state index >= 15 is 0 Å². The van der Waals surface area contributed by atoms with Crippen molar-refractivity contribution < 1.29 is 29.0 Å². The Morgan fingerprint density at radius 3 is 2.36 bits per heavy atom. The molecule has 1 aliphatic heterocycles. The molecular formula is C29H27NO6. The smallest absolute Gasteiger partial charge is 0.309 e. The van der Waals surface area contributed by atoms with Crippen molar-refractivity contribution in [2.75, 3.05) is 19.1 Å². The first-order valence-corrected chi connectivity index (χ1v) is 11.4. The number of aliphatic hydroxyl groups excluding tert-OH is 1. The standard InChI is InChI=1S/C29H27NO6/c1-17-8-9-18(2)23(14-17)27(32)25-26(20-6-5-7-22(16-20)35-3)30(29(34)28(25)33)21-12-10-19(11-13-21)15-24(31)36-4/h5-14,16,26,32H,15H2,1-4H3/b27-25+. The molecule has 0 radical (unpaired) electrons. The molecule has 1 amide bonds. The Bertz CT molecular complexity index is 1370. The number of carbonyl (C=O) groups is 3. The van der Waals surface area contributed by atoms with Crippen molar-refractivity contribution in [3.05, 3.63) is 100 Å². The zero-order valence-electron chi connectivity index (χ0n) is 20.6. The van der Waals surface area contributed by atoms with Crippen LogP contribution in [0.4, 0.5) is 5.69 Å². The van der Waals surface area contributed by atoms with Crippen LogP contribution >= 0.6 is 0 Å². The summed E-state index contributed by atoms with van der Waals surface area (Å²) < 4.78 is 10.1. The van der Waals surface area contributed by atoms with Crippen LogP contribution in [0.2, 0.25) is 0 Å². The number of ketones is 1. The Morgan fingerprint density at radius 1 is 0.972 bits per heavy atom. The van der Waals surface area contributed by atoms with Gasteiger partial charge in [0, 0.05) is 11.3 Å². The third-order valence-electron chi connectivity index (χ3n) is 6.29. The summed E-state index contributed by atoms with van der Waals surface area (Å²) in [4.78, 5) is 39.8. The van der Waals surface area contributed by atoms with E-state index in [1.807, 2.05) is 26.0 Å². The molecule has 184 valence electrons. The lowest BCUT2D eigenvalue weighted by Crippen LogP contribution is -2.29. The zero-order valence-corrected chi connectivity index (χ0v) is 20.6. The Balaban J connectivity index is 1.89. The highest BCUT2D eigenvalue weighted by molar-refractivity contribution is 6.51. The van der Waals surface area contributed by atoms with Gasteiger partial charge in [-0.15, -0.1) is 0 Å². The van der Waals surface area contributed by atoms with Crippen molar-refractivity contribution in [3.8, 4) is 5.75 Å². The second-order valence-corrected chi connectivity index (χ2v) is 8.68. The molecule has 4 rings (SSSR count). The number of hydrogen-bond donors (Lipinski definition) is 1. The van der Waals surface area contributed by atoms with Crippen LogP contribution in [0.3, 0.4) is 0 Å². The second kappa shape index (κ2) is 10.1. The van der Waals surface area contributed by atoms with Gasteiger partial charge in [-0.2, -0.15) is 0 Å². The number of aryl methyl sites for hydroxylation is 2. The van der Waals surface area contributed by atoms with Gasteiger partial charge in [-0.3, -0.25) is 19.3 Å². The molecule has 0 aromatic heterocycles. The van der Waals surface area contributed by atoms with E-state index in [0.29, 0.717) is 28.1 Å². The molecule has 0 spiro atoms. The minimum Gasteiger partial charge on any atom is -0.507 e. The number of aliphatic hydroxyl groups is 1. The fourth-order valence-electron chi connectivity index (χ4n) is 4.38. The third kappa shape index (κ3) is 4.60. The van der Waals surface area contributed by atoms with Crippen LogP contribution in [0, 0.1) is 13.8 Å². The van der Waals surface area contributed by atoms with Gasteiger partial charge < -0.3 is 14.6 Å². The molecular weight excluding hydrogens is 458 g/mol. The number of Topliss-reactive ketones (excluding diaryl/α,β-unsaturated/α-hetero) is 1. The average Bonchev–Trinajstić information content (AvgIpc) is 3.15. The number of anilines is 1. The summed E-state index contributed by atoms with van der Waals surface area (Å²) in [6.07, 6.45) is 0.0849. The Hall–Kier alpha value is -4.39. The van der Waals surface area contributed by atoms with Crippen molar-refractivity contribution in [2.45, 2.75) is 26.3 Å². The van der Waals surface area contributed by atoms with Gasteiger partial charge in [0.25, 0.3) is 11.7 Å². The van der Waals surface area contributed by atoms with E-state index in [9.17, 15) is 19.5 Å². The summed E-state index contributed by atoms with van der Waals surface area (Å²) in [6, 6.07) is 18.5. The maximum atomic E-state index is 13.4. The number of ether oxygens (including phenoxy) is 2. The molecule has 1 aliphatic rings. The van der Waals surface area contributed by atoms with Crippen molar-refractivity contribution >= 4 is 29.1 Å². The zero-order chi connectivity index (χ0) is 26.0. The molecule has 1 atom stereocenters. The number of carbonyl (C=O) groups excluding carboxylic acids is 3. The van der Waals surface area contributed by atoms with E-state index in [4.69, 9.17) is 9.47 Å². The van der Waals surface area contributed by atoms with Crippen LogP contribution < -0.4 is 9.64 Å². The normalized spacial score (nSPS) is 16.8. The first-order valence-electron chi connectivity index (χ1n) is 11.4. The minimum absolute atomic E-state index is 0.000547. The van der Waals surface area contributed by atoms with Crippen molar-refractivity contribution in [1.82, 2.24) is 0 Å². The Labute approximate surface area is 209 Å². The first-order chi connectivity index (χ1) is 17.2. The van der Waals surface area contributed by atoms with Crippen LogP contribution in [0.5, 0.6) is 5.75 Å². The third-order valence-corrected chi connectivity index (χ3v) is 6.29.